The largest absolute Gasteiger partial charge is 0.481 e. The molecule has 3 aliphatic heterocycles. The van der Waals surface area contributed by atoms with Gasteiger partial charge in [-0.1, -0.05) is 12.8 Å². The van der Waals surface area contributed by atoms with Crippen molar-refractivity contribution in [3.05, 3.63) is 0 Å². The van der Waals surface area contributed by atoms with Crippen molar-refractivity contribution in [3.8, 4) is 0 Å². The maximum Gasteiger partial charge on any atom is 0.311 e. The highest BCUT2D eigenvalue weighted by molar-refractivity contribution is 7.99. The van der Waals surface area contributed by atoms with E-state index in [1.165, 1.54) is 0 Å². The SMILES string of the molecule is O=C(C1CSCN1C(=O)C1CCCC1)N1C[C@H]2COCC[C@@]2(C(=O)O)C1. The van der Waals surface area contributed by atoms with Crippen LogP contribution in [0.15, 0.2) is 0 Å². The lowest BCUT2D eigenvalue weighted by Gasteiger charge is -2.34. The number of likely N-dealkylation sites (tertiary alicyclic amines) is 1. The minimum atomic E-state index is -0.889. The number of nitrogens with zero attached hydrogens (tertiary/aromatic N) is 2. The second-order valence-corrected chi connectivity index (χ2v) is 9.01. The van der Waals surface area contributed by atoms with E-state index in [9.17, 15) is 19.5 Å². The molecule has 4 fully saturated rings. The molecule has 0 radical (unpaired) electrons. The number of amides is 2. The summed E-state index contributed by atoms with van der Waals surface area (Å²) in [6.45, 7) is 1.47. The number of carboxylic acid groups (broad SMARTS) is 1. The van der Waals surface area contributed by atoms with Crippen molar-refractivity contribution in [1.82, 2.24) is 9.80 Å². The lowest BCUT2D eigenvalue weighted by atomic mass is 9.74. The molecule has 0 aromatic rings. The Kier molecular flexibility index (Phi) is 4.90. The first kappa shape index (κ1) is 18.1. The minimum Gasteiger partial charge on any atom is -0.481 e. The fraction of sp³-hybridized carbons (Fsp3) is 0.833. The molecule has 0 bridgehead atoms. The predicted molar refractivity (Wildman–Crippen MR) is 95.5 cm³/mol. The van der Waals surface area contributed by atoms with Crippen LogP contribution in [-0.2, 0) is 19.1 Å². The number of aliphatic carboxylic acids is 1. The van der Waals surface area contributed by atoms with Crippen LogP contribution in [-0.4, -0.2) is 76.7 Å². The van der Waals surface area contributed by atoms with Crippen LogP contribution in [0.2, 0.25) is 0 Å². The van der Waals surface area contributed by atoms with Crippen molar-refractivity contribution in [2.24, 2.45) is 17.3 Å². The Morgan fingerprint density at radius 2 is 1.92 bits per heavy atom. The summed E-state index contributed by atoms with van der Waals surface area (Å²) in [6, 6.07) is -0.444. The monoisotopic (exact) mass is 382 g/mol. The summed E-state index contributed by atoms with van der Waals surface area (Å²) < 4.78 is 5.47. The molecule has 7 nitrogen and oxygen atoms in total. The molecule has 3 atom stereocenters. The Balaban J connectivity index is 1.48. The quantitative estimate of drug-likeness (QED) is 0.784. The van der Waals surface area contributed by atoms with E-state index in [-0.39, 0.29) is 30.2 Å². The van der Waals surface area contributed by atoms with Crippen molar-refractivity contribution in [3.63, 3.8) is 0 Å². The summed E-state index contributed by atoms with van der Waals surface area (Å²) >= 11 is 1.61. The Labute approximate surface area is 157 Å². The van der Waals surface area contributed by atoms with Crippen LogP contribution in [0.3, 0.4) is 0 Å². The number of carbonyl (C=O) groups excluding carboxylic acids is 2. The molecule has 0 aromatic heterocycles. The molecule has 3 saturated heterocycles. The van der Waals surface area contributed by atoms with E-state index in [1.54, 1.807) is 21.6 Å². The van der Waals surface area contributed by atoms with E-state index in [0.717, 1.165) is 25.7 Å². The predicted octanol–water partition coefficient (Wildman–Crippen LogP) is 1.03. The standard InChI is InChI=1S/C18H26N2O5S/c21-15(12-3-1-2-4-12)20-11-26-9-14(20)16(22)19-7-13-8-25-6-5-18(13,10-19)17(23)24/h12-14H,1-11H2,(H,23,24)/t13-,14?,18+/m0/s1. The third-order valence-corrected chi connectivity index (χ3v) is 7.61. The van der Waals surface area contributed by atoms with Crippen LogP contribution in [0.1, 0.15) is 32.1 Å². The van der Waals surface area contributed by atoms with Gasteiger partial charge in [-0.3, -0.25) is 14.4 Å². The first-order valence-electron chi connectivity index (χ1n) is 9.51. The van der Waals surface area contributed by atoms with Crippen LogP contribution in [0.4, 0.5) is 0 Å². The second-order valence-electron chi connectivity index (χ2n) is 8.01. The first-order valence-corrected chi connectivity index (χ1v) is 10.7. The molecule has 1 aliphatic carbocycles. The van der Waals surface area contributed by atoms with Gasteiger partial charge in [0.1, 0.15) is 6.04 Å². The Hall–Kier alpha value is -1.28. The van der Waals surface area contributed by atoms with E-state index < -0.39 is 17.4 Å². The van der Waals surface area contributed by atoms with Gasteiger partial charge in [-0.2, -0.15) is 0 Å². The number of rotatable bonds is 3. The highest BCUT2D eigenvalue weighted by Gasteiger charge is 2.56. The third kappa shape index (κ3) is 2.91. The van der Waals surface area contributed by atoms with Crippen LogP contribution in [0, 0.1) is 17.3 Å². The number of ether oxygens (including phenoxy) is 1. The van der Waals surface area contributed by atoms with Gasteiger partial charge in [-0.25, -0.2) is 0 Å². The summed E-state index contributed by atoms with van der Waals surface area (Å²) in [5.74, 6) is 0.260. The lowest BCUT2D eigenvalue weighted by Crippen LogP contribution is -2.50. The smallest absolute Gasteiger partial charge is 0.311 e. The average Bonchev–Trinajstić information content (AvgIpc) is 3.39. The second kappa shape index (κ2) is 7.03. The molecular weight excluding hydrogens is 356 g/mol. The molecule has 4 aliphatic rings. The van der Waals surface area contributed by atoms with E-state index >= 15 is 0 Å². The van der Waals surface area contributed by atoms with E-state index in [4.69, 9.17) is 4.74 Å². The van der Waals surface area contributed by atoms with E-state index in [0.29, 0.717) is 37.8 Å². The summed E-state index contributed by atoms with van der Waals surface area (Å²) in [4.78, 5) is 41.4. The van der Waals surface area contributed by atoms with Crippen LogP contribution in [0.25, 0.3) is 0 Å². The molecule has 1 unspecified atom stereocenters. The molecule has 0 aromatic carbocycles. The summed E-state index contributed by atoms with van der Waals surface area (Å²) in [7, 11) is 0. The normalized spacial score (nSPS) is 34.9. The minimum absolute atomic E-state index is 0.0592. The summed E-state index contributed by atoms with van der Waals surface area (Å²) in [6.07, 6.45) is 4.47. The van der Waals surface area contributed by atoms with Crippen molar-refractivity contribution in [2.45, 2.75) is 38.1 Å². The lowest BCUT2D eigenvalue weighted by molar-refractivity contribution is -0.157. The number of fused-ring (bicyclic) bond motifs is 1. The van der Waals surface area contributed by atoms with Gasteiger partial charge < -0.3 is 19.6 Å². The number of hydrogen-bond acceptors (Lipinski definition) is 5. The topological polar surface area (TPSA) is 87.2 Å². The Bertz CT molecular complexity index is 608. The number of carbonyl (C=O) groups is 3. The highest BCUT2D eigenvalue weighted by Crippen LogP contribution is 2.43. The Morgan fingerprint density at radius 3 is 2.62 bits per heavy atom. The van der Waals surface area contributed by atoms with Crippen molar-refractivity contribution < 1.29 is 24.2 Å². The molecule has 0 spiro atoms. The maximum atomic E-state index is 13.2. The van der Waals surface area contributed by atoms with Crippen LogP contribution in [0.5, 0.6) is 0 Å². The van der Waals surface area contributed by atoms with Gasteiger partial charge in [0.25, 0.3) is 0 Å². The zero-order chi connectivity index (χ0) is 18.3. The van der Waals surface area contributed by atoms with Gasteiger partial charge >= 0.3 is 5.97 Å². The van der Waals surface area contributed by atoms with Crippen molar-refractivity contribution in [1.29, 1.82) is 0 Å². The molecule has 1 N–H and O–H groups in total. The van der Waals surface area contributed by atoms with Crippen LogP contribution < -0.4 is 0 Å². The zero-order valence-electron chi connectivity index (χ0n) is 14.9. The Morgan fingerprint density at radius 1 is 1.15 bits per heavy atom. The first-order chi connectivity index (χ1) is 12.5. The van der Waals surface area contributed by atoms with Gasteiger partial charge in [-0.05, 0) is 19.3 Å². The third-order valence-electron chi connectivity index (χ3n) is 6.60. The fourth-order valence-electron chi connectivity index (χ4n) is 4.95. The van der Waals surface area contributed by atoms with Crippen molar-refractivity contribution in [2.75, 3.05) is 37.9 Å². The maximum absolute atomic E-state index is 13.2. The highest BCUT2D eigenvalue weighted by atomic mass is 32.2. The molecule has 3 heterocycles. The number of hydrogen-bond donors (Lipinski definition) is 1. The molecule has 2 amide bonds. The fourth-order valence-corrected chi connectivity index (χ4v) is 6.10. The van der Waals surface area contributed by atoms with E-state index in [1.807, 2.05) is 0 Å². The van der Waals surface area contributed by atoms with Gasteiger partial charge in [0.05, 0.1) is 17.9 Å². The van der Waals surface area contributed by atoms with Crippen molar-refractivity contribution >= 4 is 29.5 Å². The summed E-state index contributed by atoms with van der Waals surface area (Å²) in [5, 5.41) is 9.79. The van der Waals surface area contributed by atoms with Gasteiger partial charge in [0, 0.05) is 37.3 Å². The molecule has 144 valence electrons. The van der Waals surface area contributed by atoms with Gasteiger partial charge in [-0.15, -0.1) is 11.8 Å². The zero-order valence-corrected chi connectivity index (χ0v) is 15.7. The number of thioether (sulfide) groups is 1. The average molecular weight is 382 g/mol. The molecule has 1 saturated carbocycles. The molecular formula is C18H26N2O5S. The van der Waals surface area contributed by atoms with E-state index in [2.05, 4.69) is 0 Å². The van der Waals surface area contributed by atoms with Gasteiger partial charge in [0.15, 0.2) is 0 Å². The van der Waals surface area contributed by atoms with Crippen LogP contribution >= 0.6 is 11.8 Å². The molecule has 26 heavy (non-hydrogen) atoms. The number of carboxylic acids is 1. The van der Waals surface area contributed by atoms with Gasteiger partial charge in [0.2, 0.25) is 11.8 Å². The summed E-state index contributed by atoms with van der Waals surface area (Å²) in [5.41, 5.74) is -0.889. The molecule has 8 heteroatoms. The molecule has 4 rings (SSSR count).